The van der Waals surface area contributed by atoms with Crippen LogP contribution in [0.3, 0.4) is 0 Å². The van der Waals surface area contributed by atoms with E-state index in [-0.39, 0.29) is 11.7 Å². The lowest BCUT2D eigenvalue weighted by Gasteiger charge is -2.15. The summed E-state index contributed by atoms with van der Waals surface area (Å²) in [6.07, 6.45) is 3.59. The van der Waals surface area contributed by atoms with Crippen molar-refractivity contribution in [3.05, 3.63) is 72.3 Å². The van der Waals surface area contributed by atoms with Crippen LogP contribution < -0.4 is 5.32 Å². The fourth-order valence-corrected chi connectivity index (χ4v) is 3.18. The molecule has 1 saturated heterocycles. The van der Waals surface area contributed by atoms with Crippen molar-refractivity contribution in [3.63, 3.8) is 0 Å². The molecule has 0 unspecified atom stereocenters. The highest BCUT2D eigenvalue weighted by Gasteiger charge is 2.19. The minimum atomic E-state index is -0.307. The number of carbonyl (C=O) groups excluding carboxylic acids is 1. The fourth-order valence-electron chi connectivity index (χ4n) is 3.18. The molecule has 2 aromatic carbocycles. The van der Waals surface area contributed by atoms with Crippen LogP contribution in [0.15, 0.2) is 60.9 Å². The van der Waals surface area contributed by atoms with Crippen LogP contribution in [0.5, 0.6) is 0 Å². The van der Waals surface area contributed by atoms with Gasteiger partial charge < -0.3 is 10.2 Å². The molecule has 0 radical (unpaired) electrons. The van der Waals surface area contributed by atoms with Crippen LogP contribution in [-0.2, 0) is 0 Å². The molecular formula is C21H19FN4O. The average molecular weight is 362 g/mol. The fraction of sp³-hybridized carbons (Fsp3) is 0.190. The highest BCUT2D eigenvalue weighted by Crippen LogP contribution is 2.22. The Labute approximate surface area is 156 Å². The lowest BCUT2D eigenvalue weighted by molar-refractivity contribution is 0.0793. The van der Waals surface area contributed by atoms with E-state index in [1.165, 1.54) is 18.5 Å². The van der Waals surface area contributed by atoms with Crippen molar-refractivity contribution >= 4 is 17.4 Å². The molecule has 0 bridgehead atoms. The number of anilines is 2. The molecule has 0 aliphatic carbocycles. The van der Waals surface area contributed by atoms with Crippen molar-refractivity contribution in [2.24, 2.45) is 0 Å². The molecule has 5 nitrogen and oxygen atoms in total. The monoisotopic (exact) mass is 362 g/mol. The quantitative estimate of drug-likeness (QED) is 0.753. The van der Waals surface area contributed by atoms with Crippen LogP contribution in [0, 0.1) is 5.82 Å². The number of amides is 1. The van der Waals surface area contributed by atoms with Gasteiger partial charge in [0.25, 0.3) is 5.91 Å². The first-order valence-corrected chi connectivity index (χ1v) is 8.93. The van der Waals surface area contributed by atoms with Crippen LogP contribution in [-0.4, -0.2) is 33.9 Å². The largest absolute Gasteiger partial charge is 0.340 e. The van der Waals surface area contributed by atoms with E-state index < -0.39 is 0 Å². The van der Waals surface area contributed by atoms with E-state index in [0.29, 0.717) is 22.6 Å². The number of nitrogens with one attached hydrogen (secondary N) is 1. The molecule has 1 N–H and O–H groups in total. The van der Waals surface area contributed by atoms with Crippen molar-refractivity contribution in [1.82, 2.24) is 14.9 Å². The maximum absolute atomic E-state index is 13.4. The van der Waals surface area contributed by atoms with Crippen molar-refractivity contribution in [1.29, 1.82) is 0 Å². The summed E-state index contributed by atoms with van der Waals surface area (Å²) in [7, 11) is 0. The van der Waals surface area contributed by atoms with E-state index in [1.54, 1.807) is 18.2 Å². The number of hydrogen-bond acceptors (Lipinski definition) is 4. The molecule has 0 spiro atoms. The summed E-state index contributed by atoms with van der Waals surface area (Å²) in [5, 5.41) is 3.19. The van der Waals surface area contributed by atoms with Crippen LogP contribution in [0.25, 0.3) is 11.3 Å². The van der Waals surface area contributed by atoms with Gasteiger partial charge in [0.15, 0.2) is 0 Å². The molecule has 27 heavy (non-hydrogen) atoms. The standard InChI is InChI=1S/C21H19FN4O/c22-17-5-3-4-16(12-17)19-13-20(24-14-23-19)25-18-8-6-15(7-9-18)21(27)26-10-1-2-11-26/h3-9,12-14H,1-2,10-11H2,(H,23,24,25). The van der Waals surface area contributed by atoms with Crippen molar-refractivity contribution in [2.75, 3.05) is 18.4 Å². The molecule has 1 aliphatic heterocycles. The minimum Gasteiger partial charge on any atom is -0.340 e. The first kappa shape index (κ1) is 17.1. The second-order valence-corrected chi connectivity index (χ2v) is 6.50. The highest BCUT2D eigenvalue weighted by molar-refractivity contribution is 5.94. The van der Waals surface area contributed by atoms with Gasteiger partial charge in [0.1, 0.15) is 18.0 Å². The molecule has 3 aromatic rings. The van der Waals surface area contributed by atoms with Gasteiger partial charge in [0.2, 0.25) is 0 Å². The smallest absolute Gasteiger partial charge is 0.253 e. The molecule has 1 aromatic heterocycles. The molecule has 1 aliphatic rings. The highest BCUT2D eigenvalue weighted by atomic mass is 19.1. The number of nitrogens with zero attached hydrogens (tertiary/aromatic N) is 3. The number of rotatable bonds is 4. The third kappa shape index (κ3) is 3.95. The lowest BCUT2D eigenvalue weighted by atomic mass is 10.1. The first-order valence-electron chi connectivity index (χ1n) is 8.93. The molecule has 4 rings (SSSR count). The Kier molecular flexibility index (Phi) is 4.78. The van der Waals surface area contributed by atoms with E-state index in [2.05, 4.69) is 15.3 Å². The number of likely N-dealkylation sites (tertiary alicyclic amines) is 1. The van der Waals surface area contributed by atoms with E-state index in [9.17, 15) is 9.18 Å². The summed E-state index contributed by atoms with van der Waals surface area (Å²) in [5.74, 6) is 0.372. The first-order chi connectivity index (χ1) is 13.2. The Morgan fingerprint density at radius 2 is 1.78 bits per heavy atom. The van der Waals surface area contributed by atoms with Crippen LogP contribution in [0.4, 0.5) is 15.9 Å². The van der Waals surface area contributed by atoms with Gasteiger partial charge in [-0.2, -0.15) is 0 Å². The predicted octanol–water partition coefficient (Wildman–Crippen LogP) is 4.26. The predicted molar refractivity (Wildman–Crippen MR) is 102 cm³/mol. The average Bonchev–Trinajstić information content (AvgIpc) is 3.23. The van der Waals surface area contributed by atoms with E-state index in [4.69, 9.17) is 0 Å². The van der Waals surface area contributed by atoms with Gasteiger partial charge in [-0.1, -0.05) is 12.1 Å². The third-order valence-corrected chi connectivity index (χ3v) is 4.58. The summed E-state index contributed by atoms with van der Waals surface area (Å²) >= 11 is 0. The molecule has 0 atom stereocenters. The van der Waals surface area contributed by atoms with Crippen molar-refractivity contribution < 1.29 is 9.18 Å². The van der Waals surface area contributed by atoms with Crippen LogP contribution in [0.2, 0.25) is 0 Å². The van der Waals surface area contributed by atoms with Gasteiger partial charge in [-0.25, -0.2) is 14.4 Å². The molecule has 6 heteroatoms. The molecule has 136 valence electrons. The number of aromatic nitrogens is 2. The van der Waals surface area contributed by atoms with Gasteiger partial charge in [-0.05, 0) is 49.2 Å². The molecule has 1 amide bonds. The maximum atomic E-state index is 13.4. The SMILES string of the molecule is O=C(c1ccc(Nc2cc(-c3cccc(F)c3)ncn2)cc1)N1CCCC1. The lowest BCUT2D eigenvalue weighted by Crippen LogP contribution is -2.27. The summed E-state index contributed by atoms with van der Waals surface area (Å²) in [6.45, 7) is 1.67. The summed E-state index contributed by atoms with van der Waals surface area (Å²) < 4.78 is 13.4. The van der Waals surface area contributed by atoms with Gasteiger partial charge in [-0.3, -0.25) is 4.79 Å². The number of carbonyl (C=O) groups is 1. The van der Waals surface area contributed by atoms with E-state index in [1.807, 2.05) is 29.2 Å². The summed E-state index contributed by atoms with van der Waals surface area (Å²) in [6, 6.07) is 15.4. The van der Waals surface area contributed by atoms with Crippen molar-refractivity contribution in [3.8, 4) is 11.3 Å². The zero-order chi connectivity index (χ0) is 18.6. The Morgan fingerprint density at radius 3 is 2.52 bits per heavy atom. The Hall–Kier alpha value is -3.28. The van der Waals surface area contributed by atoms with E-state index >= 15 is 0 Å². The molecule has 1 fully saturated rings. The minimum absolute atomic E-state index is 0.0782. The van der Waals surface area contributed by atoms with Crippen LogP contribution in [0.1, 0.15) is 23.2 Å². The normalized spacial score (nSPS) is 13.6. The van der Waals surface area contributed by atoms with Gasteiger partial charge >= 0.3 is 0 Å². The molecule has 0 saturated carbocycles. The molecular weight excluding hydrogens is 343 g/mol. The van der Waals surface area contributed by atoms with E-state index in [0.717, 1.165) is 31.6 Å². The number of halogens is 1. The Morgan fingerprint density at radius 1 is 1.00 bits per heavy atom. The van der Waals surface area contributed by atoms with Gasteiger partial charge in [-0.15, -0.1) is 0 Å². The molecule has 2 heterocycles. The third-order valence-electron chi connectivity index (χ3n) is 4.58. The summed E-state index contributed by atoms with van der Waals surface area (Å²) in [5.41, 5.74) is 2.82. The Balaban J connectivity index is 1.49. The van der Waals surface area contributed by atoms with Gasteiger partial charge in [0.05, 0.1) is 5.69 Å². The number of hydrogen-bond donors (Lipinski definition) is 1. The van der Waals surface area contributed by atoms with Crippen molar-refractivity contribution in [2.45, 2.75) is 12.8 Å². The Bertz CT molecular complexity index is 952. The second-order valence-electron chi connectivity index (χ2n) is 6.50. The second kappa shape index (κ2) is 7.53. The topological polar surface area (TPSA) is 58.1 Å². The van der Waals surface area contributed by atoms with Crippen LogP contribution >= 0.6 is 0 Å². The number of benzene rings is 2. The zero-order valence-electron chi connectivity index (χ0n) is 14.7. The van der Waals surface area contributed by atoms with Gasteiger partial charge in [0, 0.05) is 36.0 Å². The maximum Gasteiger partial charge on any atom is 0.253 e. The summed E-state index contributed by atoms with van der Waals surface area (Å²) in [4.78, 5) is 22.7. The zero-order valence-corrected chi connectivity index (χ0v) is 14.7.